The third-order valence-corrected chi connectivity index (χ3v) is 6.48. The van der Waals surface area contributed by atoms with Crippen molar-refractivity contribution in [2.75, 3.05) is 19.7 Å². The van der Waals surface area contributed by atoms with Gasteiger partial charge in [0.2, 0.25) is 5.91 Å². The molecule has 190 valence electrons. The van der Waals surface area contributed by atoms with E-state index in [2.05, 4.69) is 15.3 Å². The Kier molecular flexibility index (Phi) is 8.22. The minimum absolute atomic E-state index is 0.00660. The number of piperidine rings is 1. The maximum absolute atomic E-state index is 12.9. The smallest absolute Gasteiger partial charge is 0.270 e. The number of benzene rings is 1. The number of amides is 2. The number of carbonyl (C=O) groups is 2. The fraction of sp³-hybridized carbons (Fsp3) is 0.385. The van der Waals surface area contributed by atoms with E-state index in [9.17, 15) is 14.7 Å². The van der Waals surface area contributed by atoms with E-state index < -0.39 is 0 Å². The number of rotatable bonds is 8. The van der Waals surface area contributed by atoms with Gasteiger partial charge < -0.3 is 24.6 Å². The number of ether oxygens (including phenoxy) is 1. The number of aromatic nitrogens is 3. The van der Waals surface area contributed by atoms with Gasteiger partial charge in [-0.05, 0) is 17.7 Å². The first kappa shape index (κ1) is 25.7. The molecule has 1 aliphatic rings. The molecular weight excluding hydrogens is 482 g/mol. The summed E-state index contributed by atoms with van der Waals surface area (Å²) in [5.41, 5.74) is 2.47. The summed E-state index contributed by atoms with van der Waals surface area (Å²) in [4.78, 5) is 35.4. The third-order valence-electron chi connectivity index (χ3n) is 6.23. The van der Waals surface area contributed by atoms with Crippen molar-refractivity contribution < 1.29 is 19.4 Å². The highest BCUT2D eigenvalue weighted by molar-refractivity contribution is 6.30. The van der Waals surface area contributed by atoms with E-state index in [0.29, 0.717) is 60.9 Å². The van der Waals surface area contributed by atoms with Crippen LogP contribution >= 0.6 is 11.6 Å². The second kappa shape index (κ2) is 11.5. The summed E-state index contributed by atoms with van der Waals surface area (Å²) >= 11 is 5.94. The molecule has 10 heteroatoms. The molecule has 2 N–H and O–H groups in total. The largest absolute Gasteiger partial charge is 0.489 e. The van der Waals surface area contributed by atoms with Crippen molar-refractivity contribution in [3.8, 4) is 17.0 Å². The summed E-state index contributed by atoms with van der Waals surface area (Å²) in [6, 6.07) is 8.90. The van der Waals surface area contributed by atoms with Crippen LogP contribution in [0.2, 0.25) is 5.02 Å². The van der Waals surface area contributed by atoms with Crippen molar-refractivity contribution in [2.45, 2.75) is 38.8 Å². The Hall–Kier alpha value is -3.43. The zero-order valence-corrected chi connectivity index (χ0v) is 21.2. The quantitative estimate of drug-likeness (QED) is 0.481. The van der Waals surface area contributed by atoms with Crippen molar-refractivity contribution >= 4 is 23.4 Å². The highest BCUT2D eigenvalue weighted by Gasteiger charge is 2.24. The number of imidazole rings is 1. The van der Waals surface area contributed by atoms with Gasteiger partial charge in [0.15, 0.2) is 0 Å². The van der Waals surface area contributed by atoms with Crippen LogP contribution < -0.4 is 10.1 Å². The Morgan fingerprint density at radius 1 is 1.22 bits per heavy atom. The van der Waals surface area contributed by atoms with Gasteiger partial charge in [-0.25, -0.2) is 4.98 Å². The van der Waals surface area contributed by atoms with E-state index in [1.54, 1.807) is 31.3 Å². The molecule has 0 unspecified atom stereocenters. The summed E-state index contributed by atoms with van der Waals surface area (Å²) in [6.45, 7) is 3.15. The lowest BCUT2D eigenvalue weighted by Crippen LogP contribution is -2.40. The number of aliphatic hydroxyl groups is 1. The SMILES string of the molecule is CC(=O)N1CCC(Oc2cc(C(=O)NCc3ccc(Cl)cc3)ncc2-c2cn(C)c(CCO)n2)CC1. The number of hydrogen-bond donors (Lipinski definition) is 2. The van der Waals surface area contributed by atoms with E-state index in [0.717, 1.165) is 11.4 Å². The van der Waals surface area contributed by atoms with Gasteiger partial charge in [0.25, 0.3) is 5.91 Å². The summed E-state index contributed by atoms with van der Waals surface area (Å²) in [5, 5.41) is 12.8. The van der Waals surface area contributed by atoms with Crippen LogP contribution in [0.25, 0.3) is 11.3 Å². The summed E-state index contributed by atoms with van der Waals surface area (Å²) in [6.07, 6.45) is 5.16. The van der Waals surface area contributed by atoms with Crippen LogP contribution in [0.3, 0.4) is 0 Å². The summed E-state index contributed by atoms with van der Waals surface area (Å²) in [5.74, 6) is 0.979. The zero-order valence-electron chi connectivity index (χ0n) is 20.4. The van der Waals surface area contributed by atoms with Crippen molar-refractivity contribution in [1.82, 2.24) is 24.8 Å². The number of halogens is 1. The Morgan fingerprint density at radius 3 is 2.61 bits per heavy atom. The molecule has 2 aromatic heterocycles. The number of nitrogens with one attached hydrogen (secondary N) is 1. The highest BCUT2D eigenvalue weighted by atomic mass is 35.5. The monoisotopic (exact) mass is 511 g/mol. The zero-order chi connectivity index (χ0) is 25.7. The molecule has 0 spiro atoms. The van der Waals surface area contributed by atoms with Gasteiger partial charge >= 0.3 is 0 Å². The highest BCUT2D eigenvalue weighted by Crippen LogP contribution is 2.32. The van der Waals surface area contributed by atoms with Crippen molar-refractivity contribution in [2.24, 2.45) is 7.05 Å². The molecule has 1 fully saturated rings. The van der Waals surface area contributed by atoms with Crippen LogP contribution in [0.5, 0.6) is 5.75 Å². The van der Waals surface area contributed by atoms with Crippen molar-refractivity contribution in [1.29, 1.82) is 0 Å². The number of likely N-dealkylation sites (tertiary alicyclic amines) is 1. The topological polar surface area (TPSA) is 110 Å². The van der Waals surface area contributed by atoms with Crippen LogP contribution in [-0.4, -0.2) is 62.2 Å². The molecule has 0 bridgehead atoms. The average Bonchev–Trinajstić information content (AvgIpc) is 3.24. The number of nitrogens with zero attached hydrogens (tertiary/aromatic N) is 4. The first-order valence-electron chi connectivity index (χ1n) is 11.9. The van der Waals surface area contributed by atoms with Crippen molar-refractivity contribution in [3.05, 3.63) is 64.8 Å². The Morgan fingerprint density at radius 2 is 1.94 bits per heavy atom. The first-order chi connectivity index (χ1) is 17.3. The van der Waals surface area contributed by atoms with Crippen LogP contribution in [0.15, 0.2) is 42.7 Å². The first-order valence-corrected chi connectivity index (χ1v) is 12.3. The number of hydrogen-bond acceptors (Lipinski definition) is 6. The molecule has 3 aromatic rings. The van der Waals surface area contributed by atoms with E-state index in [1.165, 1.54) is 0 Å². The predicted octanol–water partition coefficient (Wildman–Crippen LogP) is 2.99. The van der Waals surface area contributed by atoms with E-state index in [4.69, 9.17) is 16.3 Å². The maximum atomic E-state index is 12.9. The second-order valence-corrected chi connectivity index (χ2v) is 9.26. The molecular formula is C26H30ClN5O4. The van der Waals surface area contributed by atoms with Gasteiger partial charge in [-0.3, -0.25) is 14.6 Å². The summed E-state index contributed by atoms with van der Waals surface area (Å²) < 4.78 is 8.23. The standard InChI is InChI=1S/C26H30ClN5O4/c1-17(34)32-10-7-20(8-11-32)36-24-13-22(26(35)29-14-18-3-5-19(27)6-4-18)28-15-21(24)23-16-31(2)25(30-23)9-12-33/h3-6,13,15-16,20,33H,7-12,14H2,1-2H3,(H,29,35). The fourth-order valence-electron chi connectivity index (χ4n) is 4.16. The molecule has 0 radical (unpaired) electrons. The lowest BCUT2D eigenvalue weighted by atomic mass is 10.1. The Labute approximate surface area is 215 Å². The molecule has 0 saturated carbocycles. The van der Waals surface area contributed by atoms with Crippen LogP contribution in [0, 0.1) is 0 Å². The molecule has 4 rings (SSSR count). The number of pyridine rings is 1. The number of carbonyl (C=O) groups excluding carboxylic acids is 2. The van der Waals surface area contributed by atoms with E-state index in [-0.39, 0.29) is 30.2 Å². The van der Waals surface area contributed by atoms with Gasteiger partial charge in [0.05, 0.1) is 17.9 Å². The van der Waals surface area contributed by atoms with Crippen LogP contribution in [0.4, 0.5) is 0 Å². The predicted molar refractivity (Wildman–Crippen MR) is 136 cm³/mol. The van der Waals surface area contributed by atoms with E-state index in [1.807, 2.05) is 34.8 Å². The number of aryl methyl sites for hydroxylation is 1. The van der Waals surface area contributed by atoms with Crippen LogP contribution in [0.1, 0.15) is 41.6 Å². The van der Waals surface area contributed by atoms with Crippen LogP contribution in [-0.2, 0) is 24.8 Å². The van der Waals surface area contributed by atoms with Gasteiger partial charge in [-0.1, -0.05) is 23.7 Å². The summed E-state index contributed by atoms with van der Waals surface area (Å²) in [7, 11) is 1.87. The third kappa shape index (κ3) is 6.22. The molecule has 1 aliphatic heterocycles. The normalized spacial score (nSPS) is 14.1. The molecule has 1 saturated heterocycles. The molecule has 1 aromatic carbocycles. The molecule has 36 heavy (non-hydrogen) atoms. The van der Waals surface area contributed by atoms with Gasteiger partial charge in [0, 0.05) is 76.4 Å². The van der Waals surface area contributed by atoms with Gasteiger partial charge in [0.1, 0.15) is 23.4 Å². The van der Waals surface area contributed by atoms with Gasteiger partial charge in [-0.15, -0.1) is 0 Å². The minimum Gasteiger partial charge on any atom is -0.489 e. The van der Waals surface area contributed by atoms with E-state index >= 15 is 0 Å². The molecule has 3 heterocycles. The second-order valence-electron chi connectivity index (χ2n) is 8.83. The molecule has 0 atom stereocenters. The minimum atomic E-state index is -0.324. The lowest BCUT2D eigenvalue weighted by Gasteiger charge is -2.31. The Bertz CT molecular complexity index is 1220. The lowest BCUT2D eigenvalue weighted by molar-refractivity contribution is -0.130. The molecule has 9 nitrogen and oxygen atoms in total. The fourth-order valence-corrected chi connectivity index (χ4v) is 4.29. The number of aliphatic hydroxyl groups excluding tert-OH is 1. The average molecular weight is 512 g/mol. The molecule has 2 amide bonds. The maximum Gasteiger partial charge on any atom is 0.270 e. The Balaban J connectivity index is 1.56. The van der Waals surface area contributed by atoms with Gasteiger partial charge in [-0.2, -0.15) is 0 Å². The van der Waals surface area contributed by atoms with Crippen molar-refractivity contribution in [3.63, 3.8) is 0 Å². The molecule has 0 aliphatic carbocycles.